The van der Waals surface area contributed by atoms with Crippen molar-refractivity contribution in [2.24, 2.45) is 5.92 Å². The zero-order chi connectivity index (χ0) is 26.6. The number of hydrogen-bond donors (Lipinski definition) is 0. The Labute approximate surface area is 223 Å². The summed E-state index contributed by atoms with van der Waals surface area (Å²) >= 11 is 0. The Hall–Kier alpha value is -3.52. The van der Waals surface area contributed by atoms with Crippen molar-refractivity contribution in [3.8, 4) is 28.4 Å². The van der Waals surface area contributed by atoms with E-state index in [9.17, 15) is 9.59 Å². The van der Waals surface area contributed by atoms with E-state index in [4.69, 9.17) is 18.6 Å². The predicted octanol–water partition coefficient (Wildman–Crippen LogP) is 4.58. The van der Waals surface area contributed by atoms with Crippen molar-refractivity contribution in [2.45, 2.75) is 38.1 Å². The molecule has 1 aromatic heterocycles. The molecule has 2 aliphatic rings. The van der Waals surface area contributed by atoms with Crippen LogP contribution in [-0.2, 0) is 4.79 Å². The number of methoxy groups -OCH3 is 2. The first-order valence-electron chi connectivity index (χ1n) is 13.4. The van der Waals surface area contributed by atoms with Crippen LogP contribution in [0.5, 0.6) is 17.2 Å². The molecule has 0 N–H and O–H groups in total. The molecular weight excluding hydrogens is 484 g/mol. The summed E-state index contributed by atoms with van der Waals surface area (Å²) in [6.07, 6.45) is 6.19. The van der Waals surface area contributed by atoms with Crippen molar-refractivity contribution in [2.75, 3.05) is 47.5 Å². The molecule has 38 heavy (non-hydrogen) atoms. The lowest BCUT2D eigenvalue weighted by Gasteiger charge is -2.45. The first kappa shape index (κ1) is 26.1. The van der Waals surface area contributed by atoms with Crippen LogP contribution in [-0.4, -0.2) is 69.3 Å². The van der Waals surface area contributed by atoms with E-state index < -0.39 is 5.63 Å². The van der Waals surface area contributed by atoms with Gasteiger partial charge in [0.05, 0.1) is 19.8 Å². The van der Waals surface area contributed by atoms with Gasteiger partial charge in [-0.25, -0.2) is 4.79 Å². The third kappa shape index (κ3) is 5.50. The molecule has 8 nitrogen and oxygen atoms in total. The number of ether oxygens (including phenoxy) is 3. The molecule has 3 aromatic rings. The second-order valence-electron chi connectivity index (χ2n) is 10.3. The van der Waals surface area contributed by atoms with E-state index in [1.807, 2.05) is 13.1 Å². The van der Waals surface area contributed by atoms with Crippen LogP contribution in [0.1, 0.15) is 32.1 Å². The fourth-order valence-corrected chi connectivity index (χ4v) is 5.89. The van der Waals surface area contributed by atoms with Crippen LogP contribution < -0.4 is 19.8 Å². The number of carbonyl (C=O) groups excluding carboxylic acids is 1. The molecule has 8 heteroatoms. The average molecular weight is 521 g/mol. The zero-order valence-electron chi connectivity index (χ0n) is 22.4. The summed E-state index contributed by atoms with van der Waals surface area (Å²) in [5.74, 6) is 2.06. The molecule has 1 amide bonds. The SMILES string of the molecule is COc1ccc(-c2cc3ccc(OCC(=O)N(C)CC4CCCN5CCCCC45)cc3oc2=O)cc1OC. The summed E-state index contributed by atoms with van der Waals surface area (Å²) in [6, 6.07) is 12.9. The van der Waals surface area contributed by atoms with Crippen LogP contribution in [0.3, 0.4) is 0 Å². The van der Waals surface area contributed by atoms with Gasteiger partial charge in [0.15, 0.2) is 18.1 Å². The van der Waals surface area contributed by atoms with Crippen LogP contribution in [0.15, 0.2) is 51.7 Å². The van der Waals surface area contributed by atoms with Crippen molar-refractivity contribution in [1.82, 2.24) is 9.80 Å². The minimum Gasteiger partial charge on any atom is -0.493 e. The highest BCUT2D eigenvalue weighted by atomic mass is 16.5. The average Bonchev–Trinajstić information content (AvgIpc) is 2.95. The number of nitrogens with zero attached hydrogens (tertiary/aromatic N) is 2. The molecule has 202 valence electrons. The van der Waals surface area contributed by atoms with Crippen LogP contribution in [0.2, 0.25) is 0 Å². The van der Waals surface area contributed by atoms with Gasteiger partial charge in [-0.15, -0.1) is 0 Å². The van der Waals surface area contributed by atoms with Crippen LogP contribution >= 0.6 is 0 Å². The Morgan fingerprint density at radius 2 is 1.82 bits per heavy atom. The third-order valence-electron chi connectivity index (χ3n) is 7.93. The Balaban J connectivity index is 1.24. The molecule has 2 unspecified atom stereocenters. The number of rotatable bonds is 8. The number of hydrogen-bond acceptors (Lipinski definition) is 7. The summed E-state index contributed by atoms with van der Waals surface area (Å²) in [6.45, 7) is 3.08. The molecule has 2 fully saturated rings. The van der Waals surface area contributed by atoms with Gasteiger partial charge >= 0.3 is 5.63 Å². The van der Waals surface area contributed by atoms with E-state index in [1.54, 1.807) is 55.5 Å². The highest BCUT2D eigenvalue weighted by molar-refractivity contribution is 5.83. The fraction of sp³-hybridized carbons (Fsp3) is 0.467. The van der Waals surface area contributed by atoms with Crippen LogP contribution in [0.4, 0.5) is 0 Å². The monoisotopic (exact) mass is 520 g/mol. The number of fused-ring (bicyclic) bond motifs is 2. The molecule has 5 rings (SSSR count). The van der Waals surface area contributed by atoms with Crippen molar-refractivity contribution in [3.63, 3.8) is 0 Å². The van der Waals surface area contributed by atoms with Gasteiger partial charge in [0.25, 0.3) is 5.91 Å². The third-order valence-corrected chi connectivity index (χ3v) is 7.93. The molecule has 0 saturated carbocycles. The standard InChI is InChI=1S/C30H36N2O6/c1-31(18-22-7-6-14-32-13-5-4-8-25(22)32)29(33)19-37-23-11-9-21-15-24(30(34)38-27(21)17-23)20-10-12-26(35-2)28(16-20)36-3/h9-12,15-17,22,25H,4-8,13-14,18-19H2,1-3H3. The smallest absolute Gasteiger partial charge is 0.344 e. The Morgan fingerprint density at radius 1 is 1.00 bits per heavy atom. The number of likely N-dealkylation sites (N-methyl/N-ethyl adjacent to an activating group) is 1. The van der Waals surface area contributed by atoms with E-state index >= 15 is 0 Å². The molecule has 2 atom stereocenters. The lowest BCUT2D eigenvalue weighted by atomic mass is 9.83. The zero-order valence-corrected chi connectivity index (χ0v) is 22.4. The van der Waals surface area contributed by atoms with Gasteiger partial charge in [0, 0.05) is 31.1 Å². The van der Waals surface area contributed by atoms with Gasteiger partial charge in [-0.3, -0.25) is 4.79 Å². The van der Waals surface area contributed by atoms with E-state index in [2.05, 4.69) is 4.90 Å². The van der Waals surface area contributed by atoms with E-state index in [0.717, 1.165) is 11.9 Å². The molecule has 2 saturated heterocycles. The van der Waals surface area contributed by atoms with Gasteiger partial charge in [-0.2, -0.15) is 0 Å². The Kier molecular flexibility index (Phi) is 7.88. The van der Waals surface area contributed by atoms with Gasteiger partial charge in [0.1, 0.15) is 11.3 Å². The van der Waals surface area contributed by atoms with Crippen LogP contribution in [0, 0.1) is 5.92 Å². The second kappa shape index (κ2) is 11.5. The number of benzene rings is 2. The lowest BCUT2D eigenvalue weighted by Crippen LogP contribution is -2.51. The molecule has 2 aromatic carbocycles. The summed E-state index contributed by atoms with van der Waals surface area (Å²) in [5, 5.41) is 0.750. The summed E-state index contributed by atoms with van der Waals surface area (Å²) in [7, 11) is 4.98. The van der Waals surface area contributed by atoms with Crippen molar-refractivity contribution in [3.05, 3.63) is 52.9 Å². The maximum atomic E-state index is 12.9. The normalized spacial score (nSPS) is 19.6. The largest absolute Gasteiger partial charge is 0.493 e. The van der Waals surface area contributed by atoms with Gasteiger partial charge < -0.3 is 28.4 Å². The highest BCUT2D eigenvalue weighted by Crippen LogP contribution is 2.33. The number of amides is 1. The van der Waals surface area contributed by atoms with Crippen molar-refractivity contribution < 1.29 is 23.4 Å². The minimum absolute atomic E-state index is 0.0525. The van der Waals surface area contributed by atoms with E-state index in [0.29, 0.717) is 45.9 Å². The molecule has 3 heterocycles. The van der Waals surface area contributed by atoms with Crippen LogP contribution in [0.25, 0.3) is 22.1 Å². The molecule has 0 aliphatic carbocycles. The topological polar surface area (TPSA) is 81.5 Å². The van der Waals surface area contributed by atoms with E-state index in [1.165, 1.54) is 45.2 Å². The second-order valence-corrected chi connectivity index (χ2v) is 10.3. The van der Waals surface area contributed by atoms with Crippen molar-refractivity contribution >= 4 is 16.9 Å². The maximum Gasteiger partial charge on any atom is 0.344 e. The first-order valence-corrected chi connectivity index (χ1v) is 13.4. The quantitative estimate of drug-likeness (QED) is 0.402. The Morgan fingerprint density at radius 3 is 2.63 bits per heavy atom. The molecular formula is C30H36N2O6. The molecule has 0 radical (unpaired) electrons. The molecule has 2 aliphatic heterocycles. The predicted molar refractivity (Wildman–Crippen MR) is 146 cm³/mol. The number of piperidine rings is 2. The Bertz CT molecular complexity index is 1350. The minimum atomic E-state index is -0.470. The summed E-state index contributed by atoms with van der Waals surface area (Å²) in [4.78, 5) is 30.1. The van der Waals surface area contributed by atoms with E-state index in [-0.39, 0.29) is 12.5 Å². The maximum absolute atomic E-state index is 12.9. The lowest BCUT2D eigenvalue weighted by molar-refractivity contribution is -0.133. The number of carbonyl (C=O) groups is 1. The van der Waals surface area contributed by atoms with Gasteiger partial charge in [0.2, 0.25) is 0 Å². The highest BCUT2D eigenvalue weighted by Gasteiger charge is 2.34. The molecule has 0 spiro atoms. The summed E-state index contributed by atoms with van der Waals surface area (Å²) < 4.78 is 22.1. The fourth-order valence-electron chi connectivity index (χ4n) is 5.89. The van der Waals surface area contributed by atoms with Gasteiger partial charge in [-0.05, 0) is 80.6 Å². The first-order chi connectivity index (χ1) is 18.5. The van der Waals surface area contributed by atoms with Crippen molar-refractivity contribution in [1.29, 1.82) is 0 Å². The molecule has 0 bridgehead atoms. The van der Waals surface area contributed by atoms with Gasteiger partial charge in [-0.1, -0.05) is 12.5 Å². The summed E-state index contributed by atoms with van der Waals surface area (Å²) in [5.41, 5.74) is 1.02.